The number of oxime groups is 1. The van der Waals surface area contributed by atoms with Gasteiger partial charge in [0.15, 0.2) is 5.13 Å². The van der Waals surface area contributed by atoms with Crippen LogP contribution < -0.4 is 5.32 Å². The number of hydrogen-bond donors (Lipinski definition) is 3. The molecule has 1 aromatic carbocycles. The van der Waals surface area contributed by atoms with Crippen molar-refractivity contribution in [1.82, 2.24) is 4.98 Å². The number of thiazole rings is 1. The number of carbonyl (C=O) groups is 1. The number of nitrogens with zero attached hydrogens (tertiary/aromatic N) is 2. The number of hydrogen-bond acceptors (Lipinski definition) is 6. The van der Waals surface area contributed by atoms with Crippen LogP contribution in [0.1, 0.15) is 67.4 Å². The number of anilines is 1. The summed E-state index contributed by atoms with van der Waals surface area (Å²) in [5.74, 6) is 2.08. The molecule has 3 N–H and O–H groups in total. The van der Waals surface area contributed by atoms with Gasteiger partial charge in [-0.25, -0.2) is 4.98 Å². The van der Waals surface area contributed by atoms with Gasteiger partial charge in [-0.1, -0.05) is 18.1 Å². The zero-order valence-electron chi connectivity index (χ0n) is 18.7. The molecule has 5 rings (SSSR count). The number of aromatic hydroxyl groups is 1. The standard InChI is InChI=1S/C25H31N3O3S/c1-14-13-26-24(32-14)27-22(30)8-4-16-12-21(28-31)25(2)10-9-19-18-7-5-17(29)11-15(18)3-6-20(19)23(16)25/h5,7,11,13,16,19-20,23,29,31H,3-4,6,8-10,12H2,1-2H3,(H,26,27,30)/t16-,19?,20?,23?,25-/m1/s1. The highest BCUT2D eigenvalue weighted by molar-refractivity contribution is 7.15. The van der Waals surface area contributed by atoms with Crippen molar-refractivity contribution in [3.05, 3.63) is 40.4 Å². The zero-order valence-corrected chi connectivity index (χ0v) is 19.5. The monoisotopic (exact) mass is 453 g/mol. The van der Waals surface area contributed by atoms with Gasteiger partial charge in [0.1, 0.15) is 5.75 Å². The van der Waals surface area contributed by atoms with E-state index in [1.807, 2.05) is 19.1 Å². The SMILES string of the molecule is Cc1cnc(NC(=O)CC[C@@H]2CC(=NO)[C@@]3(C)CCC4c5ccc(O)cc5CCC4C23)s1. The van der Waals surface area contributed by atoms with E-state index in [4.69, 9.17) is 0 Å². The van der Waals surface area contributed by atoms with Crippen LogP contribution in [0.15, 0.2) is 29.6 Å². The minimum absolute atomic E-state index is 0.00673. The Kier molecular flexibility index (Phi) is 5.48. The van der Waals surface area contributed by atoms with Crippen LogP contribution in [-0.4, -0.2) is 26.9 Å². The van der Waals surface area contributed by atoms with E-state index >= 15 is 0 Å². The quantitative estimate of drug-likeness (QED) is 0.421. The maximum Gasteiger partial charge on any atom is 0.226 e. The Morgan fingerprint density at radius 1 is 1.38 bits per heavy atom. The largest absolute Gasteiger partial charge is 0.508 e. The van der Waals surface area contributed by atoms with Crippen molar-refractivity contribution in [2.45, 2.75) is 64.7 Å². The lowest BCUT2D eigenvalue weighted by Gasteiger charge is -2.50. The molecule has 2 aromatic rings. The minimum Gasteiger partial charge on any atom is -0.508 e. The molecule has 170 valence electrons. The van der Waals surface area contributed by atoms with Gasteiger partial charge in [-0.2, -0.15) is 0 Å². The Morgan fingerprint density at radius 2 is 2.22 bits per heavy atom. The van der Waals surface area contributed by atoms with Crippen molar-refractivity contribution in [2.75, 3.05) is 5.32 Å². The third-order valence-corrected chi connectivity index (χ3v) is 9.14. The molecular formula is C25H31N3O3S. The molecule has 32 heavy (non-hydrogen) atoms. The number of benzene rings is 1. The summed E-state index contributed by atoms with van der Waals surface area (Å²) in [4.78, 5) is 17.9. The molecule has 1 amide bonds. The number of aromatic nitrogens is 1. The number of carbonyl (C=O) groups excluding carboxylic acids is 1. The first kappa shape index (κ1) is 21.4. The summed E-state index contributed by atoms with van der Waals surface area (Å²) in [5, 5.41) is 27.1. The summed E-state index contributed by atoms with van der Waals surface area (Å²) in [6.45, 7) is 4.25. The molecule has 0 aliphatic heterocycles. The molecule has 7 heteroatoms. The Balaban J connectivity index is 1.36. The van der Waals surface area contributed by atoms with Gasteiger partial charge in [0.2, 0.25) is 5.91 Å². The third kappa shape index (κ3) is 3.60. The van der Waals surface area contributed by atoms with E-state index in [1.165, 1.54) is 22.5 Å². The van der Waals surface area contributed by atoms with E-state index in [9.17, 15) is 15.1 Å². The van der Waals surface area contributed by atoms with Crippen LogP contribution in [0.25, 0.3) is 0 Å². The summed E-state index contributed by atoms with van der Waals surface area (Å²) < 4.78 is 0. The summed E-state index contributed by atoms with van der Waals surface area (Å²) in [6, 6.07) is 5.85. The summed E-state index contributed by atoms with van der Waals surface area (Å²) in [5.41, 5.74) is 3.47. The first-order valence-corrected chi connectivity index (χ1v) is 12.5. The Bertz CT molecular complexity index is 1060. The molecule has 3 aliphatic rings. The molecule has 6 nitrogen and oxygen atoms in total. The number of fused-ring (bicyclic) bond motifs is 5. The van der Waals surface area contributed by atoms with E-state index < -0.39 is 0 Å². The van der Waals surface area contributed by atoms with Gasteiger partial charge in [0, 0.05) is 22.9 Å². The summed E-state index contributed by atoms with van der Waals surface area (Å²) >= 11 is 1.49. The molecule has 0 spiro atoms. The number of nitrogens with one attached hydrogen (secondary N) is 1. The lowest BCUT2D eigenvalue weighted by atomic mass is 9.54. The topological polar surface area (TPSA) is 94.8 Å². The molecule has 1 aromatic heterocycles. The first-order valence-electron chi connectivity index (χ1n) is 11.6. The van der Waals surface area contributed by atoms with Crippen LogP contribution in [0.5, 0.6) is 5.75 Å². The van der Waals surface area contributed by atoms with Crippen molar-refractivity contribution in [2.24, 2.45) is 28.3 Å². The van der Waals surface area contributed by atoms with Crippen LogP contribution in [-0.2, 0) is 11.2 Å². The molecule has 3 aliphatic carbocycles. The van der Waals surface area contributed by atoms with Crippen molar-refractivity contribution < 1.29 is 15.1 Å². The molecule has 2 saturated carbocycles. The first-order chi connectivity index (χ1) is 15.4. The maximum absolute atomic E-state index is 12.6. The zero-order chi connectivity index (χ0) is 22.5. The van der Waals surface area contributed by atoms with Gasteiger partial charge >= 0.3 is 0 Å². The van der Waals surface area contributed by atoms with E-state index in [-0.39, 0.29) is 11.3 Å². The van der Waals surface area contributed by atoms with Gasteiger partial charge < -0.3 is 15.6 Å². The van der Waals surface area contributed by atoms with E-state index in [1.54, 1.807) is 6.20 Å². The molecule has 0 saturated heterocycles. The van der Waals surface area contributed by atoms with Gasteiger partial charge in [-0.3, -0.25) is 4.79 Å². The maximum atomic E-state index is 12.6. The van der Waals surface area contributed by atoms with Crippen molar-refractivity contribution >= 4 is 28.1 Å². The van der Waals surface area contributed by atoms with Crippen molar-refractivity contribution in [1.29, 1.82) is 0 Å². The van der Waals surface area contributed by atoms with Gasteiger partial charge in [-0.15, -0.1) is 11.3 Å². The van der Waals surface area contributed by atoms with Crippen LogP contribution in [0.2, 0.25) is 0 Å². The second kappa shape index (κ2) is 8.18. The predicted molar refractivity (Wildman–Crippen MR) is 126 cm³/mol. The van der Waals surface area contributed by atoms with Crippen LogP contribution in [0, 0.1) is 30.1 Å². The Morgan fingerprint density at radius 3 is 2.97 bits per heavy atom. The Hall–Kier alpha value is -2.41. The van der Waals surface area contributed by atoms with Crippen molar-refractivity contribution in [3.63, 3.8) is 0 Å². The fourth-order valence-corrected chi connectivity index (χ4v) is 7.66. The van der Waals surface area contributed by atoms with E-state index in [0.717, 1.165) is 49.1 Å². The highest BCUT2D eigenvalue weighted by Gasteiger charge is 2.57. The third-order valence-electron chi connectivity index (χ3n) is 8.31. The van der Waals surface area contributed by atoms with Crippen LogP contribution >= 0.6 is 11.3 Å². The van der Waals surface area contributed by atoms with E-state index in [0.29, 0.717) is 41.0 Å². The molecule has 0 bridgehead atoms. The lowest BCUT2D eigenvalue weighted by Crippen LogP contribution is -2.44. The van der Waals surface area contributed by atoms with Gasteiger partial charge in [0.25, 0.3) is 0 Å². The number of amides is 1. The molecule has 5 atom stereocenters. The second-order valence-electron chi connectivity index (χ2n) is 10.0. The molecule has 0 radical (unpaired) electrons. The summed E-state index contributed by atoms with van der Waals surface area (Å²) in [7, 11) is 0. The van der Waals surface area contributed by atoms with Crippen LogP contribution in [0.3, 0.4) is 0 Å². The smallest absolute Gasteiger partial charge is 0.226 e. The fourth-order valence-electron chi connectivity index (χ4n) is 6.98. The Labute approximate surface area is 192 Å². The molecular weight excluding hydrogens is 422 g/mol. The highest BCUT2D eigenvalue weighted by atomic mass is 32.1. The average molecular weight is 454 g/mol. The molecule has 1 heterocycles. The van der Waals surface area contributed by atoms with Gasteiger partial charge in [-0.05, 0) is 92.4 Å². The number of rotatable bonds is 4. The summed E-state index contributed by atoms with van der Waals surface area (Å²) in [6.07, 6.45) is 7.92. The highest BCUT2D eigenvalue weighted by Crippen LogP contribution is 2.62. The van der Waals surface area contributed by atoms with E-state index in [2.05, 4.69) is 28.4 Å². The van der Waals surface area contributed by atoms with Crippen molar-refractivity contribution in [3.8, 4) is 5.75 Å². The van der Waals surface area contributed by atoms with Crippen LogP contribution in [0.4, 0.5) is 5.13 Å². The second-order valence-corrected chi connectivity index (χ2v) is 11.3. The number of phenols is 1. The average Bonchev–Trinajstić information content (AvgIpc) is 3.31. The fraction of sp³-hybridized carbons (Fsp3) is 0.560. The number of phenolic OH excluding ortho intramolecular Hbond substituents is 1. The molecule has 2 fully saturated rings. The molecule has 3 unspecified atom stereocenters. The van der Waals surface area contributed by atoms with Gasteiger partial charge in [0.05, 0.1) is 5.71 Å². The number of aryl methyl sites for hydroxylation is 2. The predicted octanol–water partition coefficient (Wildman–Crippen LogP) is 5.49. The lowest BCUT2D eigenvalue weighted by molar-refractivity contribution is -0.116. The normalized spacial score (nSPS) is 32.2. The minimum atomic E-state index is -0.0993.